The van der Waals surface area contributed by atoms with E-state index in [9.17, 15) is 0 Å². The van der Waals surface area contributed by atoms with Crippen LogP contribution < -0.4 is 5.32 Å². The summed E-state index contributed by atoms with van der Waals surface area (Å²) in [7, 11) is 0. The van der Waals surface area contributed by atoms with Gasteiger partial charge in [-0.05, 0) is 24.2 Å². The normalized spacial score (nSPS) is 33.3. The van der Waals surface area contributed by atoms with Crippen molar-refractivity contribution in [2.75, 3.05) is 13.1 Å². The molecule has 1 N–H and O–H groups in total. The first kappa shape index (κ1) is 8.06. The Morgan fingerprint density at radius 2 is 1.90 bits per heavy atom. The second-order valence-electron chi connectivity index (χ2n) is 3.41. The molecule has 1 aliphatic carbocycles. The molecule has 1 heteroatoms. The molecule has 1 saturated heterocycles. The minimum Gasteiger partial charge on any atom is -0.316 e. The Labute approximate surface area is 64.2 Å². The SMILES string of the molecule is CC.CC1CCC12CNC2. The third kappa shape index (κ3) is 0.968. The van der Waals surface area contributed by atoms with Crippen LogP contribution >= 0.6 is 0 Å². The summed E-state index contributed by atoms with van der Waals surface area (Å²) in [6.07, 6.45) is 2.96. The molecule has 1 unspecified atom stereocenters. The van der Waals surface area contributed by atoms with E-state index in [1.807, 2.05) is 13.8 Å². The lowest BCUT2D eigenvalue weighted by Crippen LogP contribution is -2.61. The van der Waals surface area contributed by atoms with Gasteiger partial charge in [-0.1, -0.05) is 20.8 Å². The summed E-state index contributed by atoms with van der Waals surface area (Å²) in [5, 5.41) is 3.33. The van der Waals surface area contributed by atoms with Crippen LogP contribution in [0.4, 0.5) is 0 Å². The van der Waals surface area contributed by atoms with Crippen molar-refractivity contribution in [2.24, 2.45) is 11.3 Å². The number of hydrogen-bond acceptors (Lipinski definition) is 1. The molecule has 10 heavy (non-hydrogen) atoms. The second kappa shape index (κ2) is 2.91. The van der Waals surface area contributed by atoms with Gasteiger partial charge in [0.1, 0.15) is 0 Å². The van der Waals surface area contributed by atoms with Crippen LogP contribution in [0, 0.1) is 11.3 Å². The van der Waals surface area contributed by atoms with Crippen molar-refractivity contribution < 1.29 is 0 Å². The molecule has 1 aliphatic heterocycles. The predicted octanol–water partition coefficient (Wildman–Crippen LogP) is 2.03. The van der Waals surface area contributed by atoms with Gasteiger partial charge in [0.2, 0.25) is 0 Å². The second-order valence-corrected chi connectivity index (χ2v) is 3.41. The summed E-state index contributed by atoms with van der Waals surface area (Å²) in [4.78, 5) is 0. The van der Waals surface area contributed by atoms with Gasteiger partial charge in [0.25, 0.3) is 0 Å². The molecule has 1 atom stereocenters. The number of nitrogens with one attached hydrogen (secondary N) is 1. The highest BCUT2D eigenvalue weighted by Gasteiger charge is 2.47. The predicted molar refractivity (Wildman–Crippen MR) is 45.0 cm³/mol. The minimum atomic E-state index is 0.792. The van der Waals surface area contributed by atoms with Crippen LogP contribution in [0.2, 0.25) is 0 Å². The van der Waals surface area contributed by atoms with Crippen LogP contribution in [0.3, 0.4) is 0 Å². The molecule has 2 fully saturated rings. The van der Waals surface area contributed by atoms with Crippen LogP contribution in [0.1, 0.15) is 33.6 Å². The van der Waals surface area contributed by atoms with Gasteiger partial charge in [0.15, 0.2) is 0 Å². The Bertz CT molecular complexity index is 99.8. The van der Waals surface area contributed by atoms with Crippen molar-refractivity contribution in [1.82, 2.24) is 5.32 Å². The van der Waals surface area contributed by atoms with Crippen LogP contribution in [-0.2, 0) is 0 Å². The standard InChI is InChI=1S/C7H13N.C2H6/c1-6-2-3-7(6)4-8-5-7;1-2/h6,8H,2-5H2,1H3;1-2H3. The van der Waals surface area contributed by atoms with Gasteiger partial charge in [-0.3, -0.25) is 0 Å². The van der Waals surface area contributed by atoms with Crippen molar-refractivity contribution in [1.29, 1.82) is 0 Å². The van der Waals surface area contributed by atoms with Crippen LogP contribution in [0.25, 0.3) is 0 Å². The molecular weight excluding hydrogens is 122 g/mol. The number of hydrogen-bond donors (Lipinski definition) is 1. The molecule has 60 valence electrons. The maximum absolute atomic E-state index is 3.33. The molecule has 2 rings (SSSR count). The molecular formula is C9H19N. The molecule has 0 radical (unpaired) electrons. The molecule has 0 aromatic heterocycles. The lowest BCUT2D eigenvalue weighted by atomic mass is 9.57. The smallest absolute Gasteiger partial charge is 0.00228 e. The Balaban J connectivity index is 0.000000231. The average Bonchev–Trinajstić information content (AvgIpc) is 1.86. The van der Waals surface area contributed by atoms with Crippen LogP contribution in [-0.4, -0.2) is 13.1 Å². The fourth-order valence-corrected chi connectivity index (χ4v) is 1.81. The van der Waals surface area contributed by atoms with Gasteiger partial charge in [0, 0.05) is 13.1 Å². The van der Waals surface area contributed by atoms with Gasteiger partial charge in [-0.2, -0.15) is 0 Å². The summed E-state index contributed by atoms with van der Waals surface area (Å²) >= 11 is 0. The van der Waals surface area contributed by atoms with E-state index >= 15 is 0 Å². The van der Waals surface area contributed by atoms with Gasteiger partial charge >= 0.3 is 0 Å². The molecule has 1 nitrogen and oxygen atoms in total. The van der Waals surface area contributed by atoms with Crippen LogP contribution in [0.5, 0.6) is 0 Å². The zero-order valence-corrected chi connectivity index (χ0v) is 7.41. The lowest BCUT2D eigenvalue weighted by Gasteiger charge is -2.55. The molecule has 1 saturated carbocycles. The van der Waals surface area contributed by atoms with Crippen LogP contribution in [0.15, 0.2) is 0 Å². The Hall–Kier alpha value is -0.0400. The lowest BCUT2D eigenvalue weighted by molar-refractivity contribution is -0.0118. The quantitative estimate of drug-likeness (QED) is 0.544. The third-order valence-electron chi connectivity index (χ3n) is 3.07. The van der Waals surface area contributed by atoms with Gasteiger partial charge in [-0.25, -0.2) is 0 Å². The summed E-state index contributed by atoms with van der Waals surface area (Å²) in [6, 6.07) is 0. The van der Waals surface area contributed by atoms with E-state index in [4.69, 9.17) is 0 Å². The first-order valence-corrected chi connectivity index (χ1v) is 4.54. The summed E-state index contributed by atoms with van der Waals surface area (Å²) < 4.78 is 0. The van der Waals surface area contributed by atoms with E-state index in [2.05, 4.69) is 12.2 Å². The monoisotopic (exact) mass is 141 g/mol. The third-order valence-corrected chi connectivity index (χ3v) is 3.07. The Morgan fingerprint density at radius 1 is 1.30 bits per heavy atom. The summed E-state index contributed by atoms with van der Waals surface area (Å²) in [5.74, 6) is 1.02. The van der Waals surface area contributed by atoms with Gasteiger partial charge in [0.05, 0.1) is 0 Å². The highest BCUT2D eigenvalue weighted by atomic mass is 15.0. The topological polar surface area (TPSA) is 12.0 Å². The van der Waals surface area contributed by atoms with Crippen molar-refractivity contribution in [3.05, 3.63) is 0 Å². The molecule has 1 spiro atoms. The highest BCUT2D eigenvalue weighted by molar-refractivity contribution is 5.02. The molecule has 2 aliphatic rings. The van der Waals surface area contributed by atoms with E-state index in [0.29, 0.717) is 0 Å². The Kier molecular flexibility index (Phi) is 2.35. The van der Waals surface area contributed by atoms with Gasteiger partial charge < -0.3 is 5.32 Å². The fourth-order valence-electron chi connectivity index (χ4n) is 1.81. The summed E-state index contributed by atoms with van der Waals surface area (Å²) in [6.45, 7) is 8.98. The van der Waals surface area contributed by atoms with Gasteiger partial charge in [-0.15, -0.1) is 0 Å². The van der Waals surface area contributed by atoms with E-state index in [1.165, 1.54) is 25.9 Å². The average molecular weight is 141 g/mol. The Morgan fingerprint density at radius 3 is 1.90 bits per heavy atom. The molecule has 0 aromatic rings. The fraction of sp³-hybridized carbons (Fsp3) is 1.00. The largest absolute Gasteiger partial charge is 0.316 e. The number of rotatable bonds is 0. The van der Waals surface area contributed by atoms with Crippen molar-refractivity contribution in [2.45, 2.75) is 33.6 Å². The van der Waals surface area contributed by atoms with Crippen molar-refractivity contribution in [3.8, 4) is 0 Å². The summed E-state index contributed by atoms with van der Waals surface area (Å²) in [5.41, 5.74) is 0.792. The minimum absolute atomic E-state index is 0.792. The maximum Gasteiger partial charge on any atom is 0.00228 e. The molecule has 0 bridgehead atoms. The molecule has 0 amide bonds. The van der Waals surface area contributed by atoms with E-state index in [0.717, 1.165) is 11.3 Å². The maximum atomic E-state index is 3.33. The molecule has 0 aromatic carbocycles. The van der Waals surface area contributed by atoms with Crippen molar-refractivity contribution in [3.63, 3.8) is 0 Å². The highest BCUT2D eigenvalue weighted by Crippen LogP contribution is 2.48. The van der Waals surface area contributed by atoms with Crippen molar-refractivity contribution >= 4 is 0 Å². The molecule has 1 heterocycles. The first-order valence-electron chi connectivity index (χ1n) is 4.54. The van der Waals surface area contributed by atoms with E-state index in [-0.39, 0.29) is 0 Å². The first-order chi connectivity index (χ1) is 4.83. The zero-order chi connectivity index (χ0) is 7.61. The van der Waals surface area contributed by atoms with E-state index < -0.39 is 0 Å². The zero-order valence-electron chi connectivity index (χ0n) is 7.41. The van der Waals surface area contributed by atoms with E-state index in [1.54, 1.807) is 0 Å².